The second kappa shape index (κ2) is 7.10. The summed E-state index contributed by atoms with van der Waals surface area (Å²) < 4.78 is 5.36. The molecule has 0 saturated carbocycles. The summed E-state index contributed by atoms with van der Waals surface area (Å²) in [7, 11) is 0. The predicted octanol–water partition coefficient (Wildman–Crippen LogP) is 1.05. The van der Waals surface area contributed by atoms with Crippen molar-refractivity contribution < 1.29 is 14.3 Å². The lowest BCUT2D eigenvalue weighted by molar-refractivity contribution is -0.119. The maximum atomic E-state index is 12.3. The van der Waals surface area contributed by atoms with Gasteiger partial charge in [0.2, 0.25) is 5.91 Å². The smallest absolute Gasteiger partial charge is 0.251 e. The van der Waals surface area contributed by atoms with Crippen molar-refractivity contribution in [3.05, 3.63) is 29.8 Å². The molecule has 1 aromatic carbocycles. The van der Waals surface area contributed by atoms with E-state index in [1.54, 1.807) is 17.0 Å². The molecule has 124 valence electrons. The molecule has 6 nitrogen and oxygen atoms in total. The number of hydrogen-bond acceptors (Lipinski definition) is 4. The van der Waals surface area contributed by atoms with Crippen LogP contribution in [0.2, 0.25) is 0 Å². The molecule has 2 fully saturated rings. The highest BCUT2D eigenvalue weighted by molar-refractivity contribution is 5.97. The average Bonchev–Trinajstić information content (AvgIpc) is 2.57. The molecule has 1 aromatic rings. The van der Waals surface area contributed by atoms with Crippen LogP contribution in [0.5, 0.6) is 0 Å². The number of piperidine rings is 1. The van der Waals surface area contributed by atoms with E-state index in [9.17, 15) is 9.59 Å². The largest absolute Gasteiger partial charge is 0.379 e. The molecule has 6 heteroatoms. The Bertz CT molecular complexity index is 573. The van der Waals surface area contributed by atoms with Crippen molar-refractivity contribution in [2.24, 2.45) is 5.73 Å². The quantitative estimate of drug-likeness (QED) is 0.873. The first-order valence-electron chi connectivity index (χ1n) is 8.20. The molecule has 2 saturated heterocycles. The van der Waals surface area contributed by atoms with Crippen molar-refractivity contribution in [3.8, 4) is 0 Å². The van der Waals surface area contributed by atoms with E-state index in [4.69, 9.17) is 10.5 Å². The average molecular weight is 317 g/mol. The van der Waals surface area contributed by atoms with Crippen LogP contribution in [0, 0.1) is 0 Å². The Hall–Kier alpha value is -1.92. The summed E-state index contributed by atoms with van der Waals surface area (Å²) in [6, 6.07) is 6.94. The molecule has 2 amide bonds. The van der Waals surface area contributed by atoms with Gasteiger partial charge in [0.15, 0.2) is 0 Å². The Labute approximate surface area is 136 Å². The zero-order valence-electron chi connectivity index (χ0n) is 13.2. The summed E-state index contributed by atoms with van der Waals surface area (Å²) in [6.45, 7) is 1.85. The van der Waals surface area contributed by atoms with Gasteiger partial charge in [-0.05, 0) is 43.5 Å². The van der Waals surface area contributed by atoms with Crippen molar-refractivity contribution in [3.63, 3.8) is 0 Å². The highest BCUT2D eigenvalue weighted by Crippen LogP contribution is 2.21. The molecule has 2 unspecified atom stereocenters. The number of amides is 2. The Morgan fingerprint density at radius 3 is 2.74 bits per heavy atom. The minimum Gasteiger partial charge on any atom is -0.379 e. The molecule has 23 heavy (non-hydrogen) atoms. The number of anilines is 1. The molecule has 2 atom stereocenters. The summed E-state index contributed by atoms with van der Waals surface area (Å²) in [4.78, 5) is 26.0. The van der Waals surface area contributed by atoms with Gasteiger partial charge in [-0.2, -0.15) is 0 Å². The highest BCUT2D eigenvalue weighted by Gasteiger charge is 2.25. The van der Waals surface area contributed by atoms with Gasteiger partial charge >= 0.3 is 0 Å². The summed E-state index contributed by atoms with van der Waals surface area (Å²) >= 11 is 0. The van der Waals surface area contributed by atoms with Gasteiger partial charge in [0.05, 0.1) is 12.6 Å². The molecule has 0 aromatic heterocycles. The van der Waals surface area contributed by atoms with Crippen LogP contribution in [-0.4, -0.2) is 43.7 Å². The number of nitrogens with zero attached hydrogens (tertiary/aromatic N) is 1. The van der Waals surface area contributed by atoms with Crippen LogP contribution in [0.1, 0.15) is 36.0 Å². The number of nitrogens with two attached hydrogens (primary N) is 1. The molecule has 0 spiro atoms. The summed E-state index contributed by atoms with van der Waals surface area (Å²) in [5, 5.41) is 2.92. The van der Waals surface area contributed by atoms with Gasteiger partial charge in [-0.15, -0.1) is 0 Å². The van der Waals surface area contributed by atoms with Crippen molar-refractivity contribution in [2.45, 2.75) is 37.8 Å². The Kier molecular flexibility index (Phi) is 4.93. The standard InChI is InChI=1S/C17H23N3O3/c18-14-8-10-23-11-15(14)19-17(22)12-4-6-13(7-5-12)20-9-2-1-3-16(20)21/h4-7,14-15H,1-3,8-11,18H2,(H,19,22). The van der Waals surface area contributed by atoms with Crippen LogP contribution in [0.4, 0.5) is 5.69 Å². The minimum atomic E-state index is -0.160. The van der Waals surface area contributed by atoms with E-state index in [2.05, 4.69) is 5.32 Å². The third-order valence-corrected chi connectivity index (χ3v) is 4.49. The second-order valence-electron chi connectivity index (χ2n) is 6.16. The first-order valence-corrected chi connectivity index (χ1v) is 8.20. The maximum Gasteiger partial charge on any atom is 0.251 e. The fourth-order valence-electron chi connectivity index (χ4n) is 3.03. The zero-order valence-corrected chi connectivity index (χ0v) is 13.2. The number of nitrogens with one attached hydrogen (secondary N) is 1. The van der Waals surface area contributed by atoms with Gasteiger partial charge in [0.25, 0.3) is 5.91 Å². The number of rotatable bonds is 3. The Balaban J connectivity index is 1.64. The zero-order chi connectivity index (χ0) is 16.2. The SMILES string of the molecule is NC1CCOCC1NC(=O)c1ccc(N2CCCCC2=O)cc1. The van der Waals surface area contributed by atoms with Crippen molar-refractivity contribution in [1.29, 1.82) is 0 Å². The fraction of sp³-hybridized carbons (Fsp3) is 0.529. The van der Waals surface area contributed by atoms with E-state index < -0.39 is 0 Å². The summed E-state index contributed by atoms with van der Waals surface area (Å²) in [5.41, 5.74) is 7.42. The number of carbonyl (C=O) groups excluding carboxylic acids is 2. The van der Waals surface area contributed by atoms with E-state index in [1.165, 1.54) is 0 Å². The molecule has 2 aliphatic heterocycles. The lowest BCUT2D eigenvalue weighted by Crippen LogP contribution is -2.53. The van der Waals surface area contributed by atoms with Crippen LogP contribution in [0.25, 0.3) is 0 Å². The van der Waals surface area contributed by atoms with Crippen LogP contribution in [-0.2, 0) is 9.53 Å². The van der Waals surface area contributed by atoms with E-state index >= 15 is 0 Å². The first-order chi connectivity index (χ1) is 11.1. The number of carbonyl (C=O) groups is 2. The molecule has 0 radical (unpaired) electrons. The van der Waals surface area contributed by atoms with Gasteiger partial charge in [0, 0.05) is 36.9 Å². The Morgan fingerprint density at radius 1 is 1.26 bits per heavy atom. The number of ether oxygens (including phenoxy) is 1. The van der Waals surface area contributed by atoms with Gasteiger partial charge in [-0.3, -0.25) is 9.59 Å². The molecular formula is C17H23N3O3. The van der Waals surface area contributed by atoms with Gasteiger partial charge in [-0.1, -0.05) is 0 Å². The van der Waals surface area contributed by atoms with Crippen LogP contribution in [0.3, 0.4) is 0 Å². The number of hydrogen-bond donors (Lipinski definition) is 2. The summed E-state index contributed by atoms with van der Waals surface area (Å²) in [5.74, 6) is -0.00810. The second-order valence-corrected chi connectivity index (χ2v) is 6.16. The molecule has 0 bridgehead atoms. The van der Waals surface area contributed by atoms with E-state index in [1.807, 2.05) is 12.1 Å². The third kappa shape index (κ3) is 3.71. The fourth-order valence-corrected chi connectivity index (χ4v) is 3.03. The van der Waals surface area contributed by atoms with Crippen LogP contribution in [0.15, 0.2) is 24.3 Å². The highest BCUT2D eigenvalue weighted by atomic mass is 16.5. The minimum absolute atomic E-state index is 0.0713. The predicted molar refractivity (Wildman–Crippen MR) is 87.3 cm³/mol. The van der Waals surface area contributed by atoms with Crippen molar-refractivity contribution in [1.82, 2.24) is 5.32 Å². The molecule has 0 aliphatic carbocycles. The third-order valence-electron chi connectivity index (χ3n) is 4.49. The molecule has 3 rings (SSSR count). The van der Waals surface area contributed by atoms with Gasteiger partial charge < -0.3 is 20.7 Å². The molecule has 3 N–H and O–H groups in total. The summed E-state index contributed by atoms with van der Waals surface area (Å²) in [6.07, 6.45) is 3.33. The van der Waals surface area contributed by atoms with Crippen LogP contribution < -0.4 is 16.0 Å². The number of benzene rings is 1. The topological polar surface area (TPSA) is 84.7 Å². The van der Waals surface area contributed by atoms with Gasteiger partial charge in [0.1, 0.15) is 0 Å². The van der Waals surface area contributed by atoms with Gasteiger partial charge in [-0.25, -0.2) is 0 Å². The van der Waals surface area contributed by atoms with E-state index in [0.717, 1.165) is 31.5 Å². The first kappa shape index (κ1) is 16.0. The molecule has 2 aliphatic rings. The van der Waals surface area contributed by atoms with Crippen molar-refractivity contribution >= 4 is 17.5 Å². The molecule has 2 heterocycles. The molecular weight excluding hydrogens is 294 g/mol. The maximum absolute atomic E-state index is 12.3. The van der Waals surface area contributed by atoms with Crippen molar-refractivity contribution in [2.75, 3.05) is 24.7 Å². The van der Waals surface area contributed by atoms with E-state index in [0.29, 0.717) is 25.2 Å². The van der Waals surface area contributed by atoms with E-state index in [-0.39, 0.29) is 23.9 Å². The van der Waals surface area contributed by atoms with Crippen LogP contribution >= 0.6 is 0 Å². The lowest BCUT2D eigenvalue weighted by Gasteiger charge is -2.29. The normalized spacial score (nSPS) is 25.3. The monoisotopic (exact) mass is 317 g/mol. The lowest BCUT2D eigenvalue weighted by atomic mass is 10.0. The Morgan fingerprint density at radius 2 is 2.04 bits per heavy atom.